The number of carbonyl (C=O) groups is 1. The van der Waals surface area contributed by atoms with Gasteiger partial charge in [-0.05, 0) is 60.0 Å². The molecule has 0 saturated carbocycles. The van der Waals surface area contributed by atoms with Crippen molar-refractivity contribution in [2.45, 2.75) is 31.8 Å². The molecule has 0 spiro atoms. The number of likely N-dealkylation sites (tertiary alicyclic amines) is 1. The number of piperidine rings is 1. The van der Waals surface area contributed by atoms with Crippen LogP contribution in [-0.4, -0.2) is 73.3 Å². The van der Waals surface area contributed by atoms with Crippen molar-refractivity contribution in [2.24, 2.45) is 5.73 Å². The van der Waals surface area contributed by atoms with Crippen LogP contribution in [0.3, 0.4) is 0 Å². The molecule has 186 valence electrons. The number of hydrogen-bond acceptors (Lipinski definition) is 5. The minimum absolute atomic E-state index is 0.376. The van der Waals surface area contributed by atoms with Crippen molar-refractivity contribution in [3.05, 3.63) is 65.4 Å². The first kappa shape index (κ1) is 23.9. The number of morpholine rings is 1. The normalized spacial score (nSPS) is 18.2. The van der Waals surface area contributed by atoms with E-state index in [2.05, 4.69) is 44.8 Å². The van der Waals surface area contributed by atoms with Crippen molar-refractivity contribution in [1.82, 2.24) is 14.4 Å². The third-order valence-electron chi connectivity index (χ3n) is 7.58. The van der Waals surface area contributed by atoms with Gasteiger partial charge in [0.15, 0.2) is 0 Å². The van der Waals surface area contributed by atoms with E-state index in [0.29, 0.717) is 11.6 Å². The van der Waals surface area contributed by atoms with Gasteiger partial charge in [-0.3, -0.25) is 9.69 Å². The summed E-state index contributed by atoms with van der Waals surface area (Å²) < 4.78 is 13.6. The highest BCUT2D eigenvalue weighted by molar-refractivity contribution is 5.97. The van der Waals surface area contributed by atoms with Crippen LogP contribution in [0.25, 0.3) is 10.9 Å². The molecule has 2 saturated heterocycles. The van der Waals surface area contributed by atoms with Gasteiger partial charge in [0.1, 0.15) is 5.75 Å². The van der Waals surface area contributed by atoms with Crippen molar-refractivity contribution in [3.63, 3.8) is 0 Å². The minimum Gasteiger partial charge on any atom is -0.496 e. The first-order valence-electron chi connectivity index (χ1n) is 12.7. The molecule has 2 aliphatic heterocycles. The predicted octanol–water partition coefficient (Wildman–Crippen LogP) is 3.46. The Balaban J connectivity index is 1.22. The fourth-order valence-electron chi connectivity index (χ4n) is 5.55. The molecule has 35 heavy (non-hydrogen) atoms. The van der Waals surface area contributed by atoms with Gasteiger partial charge in [0, 0.05) is 62.6 Å². The number of amides is 1. The lowest BCUT2D eigenvalue weighted by Crippen LogP contribution is -2.37. The Morgan fingerprint density at radius 2 is 1.86 bits per heavy atom. The SMILES string of the molecule is COc1cccc(CN2CCOCC2)c1CCN1CCC(n2ccc3ccc(C(N)=O)cc32)CC1. The van der Waals surface area contributed by atoms with E-state index in [1.54, 1.807) is 7.11 Å². The number of nitrogens with zero attached hydrogens (tertiary/aromatic N) is 3. The second kappa shape index (κ2) is 10.8. The molecule has 2 fully saturated rings. The molecule has 0 aliphatic carbocycles. The maximum atomic E-state index is 11.7. The topological polar surface area (TPSA) is 73.0 Å². The summed E-state index contributed by atoms with van der Waals surface area (Å²) in [6.45, 7) is 7.71. The third-order valence-corrected chi connectivity index (χ3v) is 7.58. The lowest BCUT2D eigenvalue weighted by atomic mass is 10.00. The van der Waals surface area contributed by atoms with Gasteiger partial charge in [0.05, 0.1) is 20.3 Å². The second-order valence-electron chi connectivity index (χ2n) is 9.67. The quantitative estimate of drug-likeness (QED) is 0.539. The van der Waals surface area contributed by atoms with Crippen LogP contribution in [0, 0.1) is 0 Å². The Kier molecular flexibility index (Phi) is 7.37. The van der Waals surface area contributed by atoms with Crippen LogP contribution in [0.15, 0.2) is 48.7 Å². The van der Waals surface area contributed by atoms with E-state index in [0.717, 1.165) is 88.4 Å². The first-order chi connectivity index (χ1) is 17.1. The molecule has 1 amide bonds. The molecular formula is C28H36N4O3. The highest BCUT2D eigenvalue weighted by Gasteiger charge is 2.23. The highest BCUT2D eigenvalue weighted by Crippen LogP contribution is 2.30. The molecule has 0 atom stereocenters. The van der Waals surface area contributed by atoms with Gasteiger partial charge >= 0.3 is 0 Å². The number of nitrogens with two attached hydrogens (primary N) is 1. The maximum Gasteiger partial charge on any atom is 0.248 e. The second-order valence-corrected chi connectivity index (χ2v) is 9.67. The van der Waals surface area contributed by atoms with Crippen molar-refractivity contribution >= 4 is 16.8 Å². The Hall–Kier alpha value is -2.87. The van der Waals surface area contributed by atoms with E-state index in [1.165, 1.54) is 11.1 Å². The Morgan fingerprint density at radius 1 is 1.06 bits per heavy atom. The van der Waals surface area contributed by atoms with Crippen molar-refractivity contribution in [2.75, 3.05) is 53.0 Å². The van der Waals surface area contributed by atoms with Gasteiger partial charge in [-0.15, -0.1) is 0 Å². The monoisotopic (exact) mass is 476 g/mol. The predicted molar refractivity (Wildman–Crippen MR) is 138 cm³/mol. The average molecular weight is 477 g/mol. The van der Waals surface area contributed by atoms with E-state index in [-0.39, 0.29) is 5.91 Å². The van der Waals surface area contributed by atoms with Crippen molar-refractivity contribution in [1.29, 1.82) is 0 Å². The van der Waals surface area contributed by atoms with E-state index in [1.807, 2.05) is 18.2 Å². The molecule has 3 aromatic rings. The molecule has 5 rings (SSSR count). The summed E-state index contributed by atoms with van der Waals surface area (Å²) in [7, 11) is 1.77. The lowest BCUT2D eigenvalue weighted by Gasteiger charge is -2.33. The minimum atomic E-state index is -0.376. The van der Waals surface area contributed by atoms with Crippen LogP contribution in [0.2, 0.25) is 0 Å². The molecular weight excluding hydrogens is 440 g/mol. The number of primary amides is 1. The summed E-state index contributed by atoms with van der Waals surface area (Å²) in [5.74, 6) is 0.619. The summed E-state index contributed by atoms with van der Waals surface area (Å²) in [5.41, 5.74) is 9.88. The summed E-state index contributed by atoms with van der Waals surface area (Å²) in [6, 6.07) is 14.7. The molecule has 2 N–H and O–H groups in total. The number of carbonyl (C=O) groups excluding carboxylic acids is 1. The zero-order valence-electron chi connectivity index (χ0n) is 20.6. The maximum absolute atomic E-state index is 11.7. The standard InChI is InChI=1S/C28H36N4O3/c1-34-27-4-2-3-23(20-31-15-17-35-18-16-31)25(27)10-13-30-11-8-24(9-12-30)32-14-7-21-5-6-22(28(29)33)19-26(21)32/h2-7,14,19,24H,8-13,15-18,20H2,1H3,(H2,29,33). The van der Waals surface area contributed by atoms with Gasteiger partial charge in [0.2, 0.25) is 5.91 Å². The van der Waals surface area contributed by atoms with E-state index >= 15 is 0 Å². The zero-order valence-corrected chi connectivity index (χ0v) is 20.6. The van der Waals surface area contributed by atoms with Crippen LogP contribution in [-0.2, 0) is 17.7 Å². The van der Waals surface area contributed by atoms with Crippen LogP contribution < -0.4 is 10.5 Å². The lowest BCUT2D eigenvalue weighted by molar-refractivity contribution is 0.0340. The molecule has 7 nitrogen and oxygen atoms in total. The summed E-state index contributed by atoms with van der Waals surface area (Å²) in [6.07, 6.45) is 5.33. The Morgan fingerprint density at radius 3 is 2.60 bits per heavy atom. The zero-order chi connectivity index (χ0) is 24.2. The van der Waals surface area contributed by atoms with Gasteiger partial charge in [-0.25, -0.2) is 0 Å². The molecule has 3 heterocycles. The largest absolute Gasteiger partial charge is 0.496 e. The van der Waals surface area contributed by atoms with Gasteiger partial charge < -0.3 is 24.7 Å². The average Bonchev–Trinajstić information content (AvgIpc) is 3.32. The number of fused-ring (bicyclic) bond motifs is 1. The summed E-state index contributed by atoms with van der Waals surface area (Å²) >= 11 is 0. The van der Waals surface area contributed by atoms with E-state index < -0.39 is 0 Å². The molecule has 2 aliphatic rings. The number of aromatic nitrogens is 1. The van der Waals surface area contributed by atoms with Crippen LogP contribution in [0.5, 0.6) is 5.75 Å². The van der Waals surface area contributed by atoms with Gasteiger partial charge in [-0.1, -0.05) is 18.2 Å². The summed E-state index contributed by atoms with van der Waals surface area (Å²) in [4.78, 5) is 16.7. The summed E-state index contributed by atoms with van der Waals surface area (Å²) in [5, 5.41) is 1.15. The molecule has 1 aromatic heterocycles. The number of rotatable bonds is 8. The van der Waals surface area contributed by atoms with Crippen LogP contribution in [0.1, 0.15) is 40.4 Å². The van der Waals surface area contributed by atoms with Crippen molar-refractivity contribution in [3.8, 4) is 5.75 Å². The van der Waals surface area contributed by atoms with Crippen molar-refractivity contribution < 1.29 is 14.3 Å². The third kappa shape index (κ3) is 5.37. The van der Waals surface area contributed by atoms with E-state index in [9.17, 15) is 4.79 Å². The molecule has 0 unspecified atom stereocenters. The van der Waals surface area contributed by atoms with Crippen LogP contribution in [0.4, 0.5) is 0 Å². The number of ether oxygens (including phenoxy) is 2. The first-order valence-corrected chi connectivity index (χ1v) is 12.7. The number of methoxy groups -OCH3 is 1. The van der Waals surface area contributed by atoms with E-state index in [4.69, 9.17) is 15.2 Å². The Labute approximate surface area is 207 Å². The number of benzene rings is 2. The molecule has 7 heteroatoms. The molecule has 0 bridgehead atoms. The highest BCUT2D eigenvalue weighted by atomic mass is 16.5. The smallest absolute Gasteiger partial charge is 0.248 e. The fourth-order valence-corrected chi connectivity index (χ4v) is 5.55. The molecule has 2 aromatic carbocycles. The number of hydrogen-bond donors (Lipinski definition) is 1. The van der Waals surface area contributed by atoms with Crippen LogP contribution >= 0.6 is 0 Å². The van der Waals surface area contributed by atoms with Gasteiger partial charge in [0.25, 0.3) is 0 Å². The van der Waals surface area contributed by atoms with Gasteiger partial charge in [-0.2, -0.15) is 0 Å². The Bertz CT molecular complexity index is 1160. The fraction of sp³-hybridized carbons (Fsp3) is 0.464. The molecule has 0 radical (unpaired) electrons.